The molecular weight excluding hydrogens is 226 g/mol. The molecule has 2 rings (SSSR count). The molecule has 2 heterocycles. The quantitative estimate of drug-likeness (QED) is 0.767. The largest absolute Gasteiger partial charge is 0.312 e. The van der Waals surface area contributed by atoms with Crippen LogP contribution in [0.5, 0.6) is 0 Å². The van der Waals surface area contributed by atoms with Crippen molar-refractivity contribution in [2.24, 2.45) is 0 Å². The SMILES string of the molecule is Cc1nc(C)n(CCCNC2CCNC2(C)C)n1. The van der Waals surface area contributed by atoms with Gasteiger partial charge in [0.05, 0.1) is 0 Å². The van der Waals surface area contributed by atoms with Gasteiger partial charge in [0.2, 0.25) is 0 Å². The highest BCUT2D eigenvalue weighted by Gasteiger charge is 2.33. The molecule has 0 aromatic carbocycles. The molecule has 1 aromatic rings. The van der Waals surface area contributed by atoms with Crippen molar-refractivity contribution in [3.05, 3.63) is 11.6 Å². The third-order valence-corrected chi connectivity index (χ3v) is 3.78. The molecule has 1 fully saturated rings. The average molecular weight is 251 g/mol. The van der Waals surface area contributed by atoms with E-state index in [2.05, 4.69) is 34.6 Å². The Balaban J connectivity index is 1.72. The molecule has 1 unspecified atom stereocenters. The van der Waals surface area contributed by atoms with Gasteiger partial charge in [0.15, 0.2) is 0 Å². The van der Waals surface area contributed by atoms with Crippen molar-refractivity contribution in [1.29, 1.82) is 0 Å². The smallest absolute Gasteiger partial charge is 0.147 e. The van der Waals surface area contributed by atoms with Crippen LogP contribution in [-0.4, -0.2) is 39.4 Å². The topological polar surface area (TPSA) is 54.8 Å². The minimum atomic E-state index is 0.222. The lowest BCUT2D eigenvalue weighted by molar-refractivity contribution is 0.346. The Hall–Kier alpha value is -0.940. The Kier molecular flexibility index (Phi) is 4.02. The normalized spacial score (nSPS) is 22.6. The molecule has 0 spiro atoms. The van der Waals surface area contributed by atoms with Gasteiger partial charge in [0.1, 0.15) is 11.6 Å². The first-order chi connectivity index (χ1) is 8.49. The van der Waals surface area contributed by atoms with Crippen molar-refractivity contribution in [3.8, 4) is 0 Å². The van der Waals surface area contributed by atoms with Crippen LogP contribution in [0.15, 0.2) is 0 Å². The maximum Gasteiger partial charge on any atom is 0.147 e. The predicted octanol–water partition coefficient (Wildman–Crippen LogP) is 1.02. The van der Waals surface area contributed by atoms with Gasteiger partial charge in [-0.15, -0.1) is 0 Å². The van der Waals surface area contributed by atoms with Crippen LogP contribution in [-0.2, 0) is 6.54 Å². The Bertz CT molecular complexity index is 396. The second kappa shape index (κ2) is 5.36. The molecular formula is C13H25N5. The zero-order valence-electron chi connectivity index (χ0n) is 12.0. The summed E-state index contributed by atoms with van der Waals surface area (Å²) in [6.07, 6.45) is 2.31. The first-order valence-electron chi connectivity index (χ1n) is 6.85. The van der Waals surface area contributed by atoms with Gasteiger partial charge in [0, 0.05) is 18.1 Å². The number of rotatable bonds is 5. The van der Waals surface area contributed by atoms with E-state index in [1.165, 1.54) is 6.42 Å². The van der Waals surface area contributed by atoms with E-state index in [4.69, 9.17) is 0 Å². The molecule has 18 heavy (non-hydrogen) atoms. The van der Waals surface area contributed by atoms with E-state index in [-0.39, 0.29) is 5.54 Å². The predicted molar refractivity (Wildman–Crippen MR) is 72.6 cm³/mol. The fraction of sp³-hybridized carbons (Fsp3) is 0.846. The van der Waals surface area contributed by atoms with E-state index in [9.17, 15) is 0 Å². The Morgan fingerprint density at radius 1 is 1.44 bits per heavy atom. The van der Waals surface area contributed by atoms with Crippen molar-refractivity contribution in [3.63, 3.8) is 0 Å². The molecule has 1 aliphatic heterocycles. The summed E-state index contributed by atoms with van der Waals surface area (Å²) in [5.41, 5.74) is 0.222. The van der Waals surface area contributed by atoms with Crippen LogP contribution in [0, 0.1) is 13.8 Å². The van der Waals surface area contributed by atoms with Crippen molar-refractivity contribution in [2.45, 2.75) is 58.7 Å². The second-order valence-electron chi connectivity index (χ2n) is 5.73. The highest BCUT2D eigenvalue weighted by Crippen LogP contribution is 2.18. The molecule has 1 atom stereocenters. The van der Waals surface area contributed by atoms with Gasteiger partial charge in [-0.05, 0) is 53.6 Å². The van der Waals surface area contributed by atoms with Crippen molar-refractivity contribution in [2.75, 3.05) is 13.1 Å². The standard InChI is InChI=1S/C13H25N5/c1-10-16-11(2)18(17-10)9-5-7-14-12-6-8-15-13(12,3)4/h12,14-15H,5-9H2,1-4H3. The third-order valence-electron chi connectivity index (χ3n) is 3.78. The summed E-state index contributed by atoms with van der Waals surface area (Å²) in [7, 11) is 0. The second-order valence-corrected chi connectivity index (χ2v) is 5.73. The Labute approximate surface area is 109 Å². The van der Waals surface area contributed by atoms with Crippen molar-refractivity contribution < 1.29 is 0 Å². The summed E-state index contributed by atoms with van der Waals surface area (Å²) in [6.45, 7) is 11.6. The summed E-state index contributed by atoms with van der Waals surface area (Å²) in [6, 6.07) is 0.580. The number of aromatic nitrogens is 3. The van der Waals surface area contributed by atoms with E-state index < -0.39 is 0 Å². The minimum Gasteiger partial charge on any atom is -0.312 e. The minimum absolute atomic E-state index is 0.222. The number of aryl methyl sites for hydroxylation is 3. The molecule has 1 aliphatic rings. The monoisotopic (exact) mass is 251 g/mol. The zero-order valence-corrected chi connectivity index (χ0v) is 12.0. The number of nitrogens with zero attached hydrogens (tertiary/aromatic N) is 3. The molecule has 102 valence electrons. The molecule has 0 bridgehead atoms. The number of hydrogen-bond acceptors (Lipinski definition) is 4. The van der Waals surface area contributed by atoms with Gasteiger partial charge in [-0.3, -0.25) is 4.68 Å². The summed E-state index contributed by atoms with van der Waals surface area (Å²) in [5, 5.41) is 11.5. The van der Waals surface area contributed by atoms with E-state index in [0.29, 0.717) is 6.04 Å². The molecule has 5 heteroatoms. The van der Waals surface area contributed by atoms with Gasteiger partial charge >= 0.3 is 0 Å². The summed E-state index contributed by atoms with van der Waals surface area (Å²) >= 11 is 0. The van der Waals surface area contributed by atoms with Crippen molar-refractivity contribution >= 4 is 0 Å². The maximum atomic E-state index is 4.37. The molecule has 5 nitrogen and oxygen atoms in total. The van der Waals surface area contributed by atoms with Crippen LogP contribution in [0.3, 0.4) is 0 Å². The van der Waals surface area contributed by atoms with E-state index in [1.54, 1.807) is 0 Å². The lowest BCUT2D eigenvalue weighted by atomic mass is 9.97. The first kappa shape index (κ1) is 13.5. The first-order valence-corrected chi connectivity index (χ1v) is 6.85. The van der Waals surface area contributed by atoms with Crippen LogP contribution in [0.4, 0.5) is 0 Å². The van der Waals surface area contributed by atoms with Crippen LogP contribution < -0.4 is 10.6 Å². The number of nitrogens with one attached hydrogen (secondary N) is 2. The van der Waals surface area contributed by atoms with Gasteiger partial charge < -0.3 is 10.6 Å². The van der Waals surface area contributed by atoms with E-state index in [0.717, 1.165) is 37.7 Å². The zero-order chi connectivity index (χ0) is 13.2. The summed E-state index contributed by atoms with van der Waals surface area (Å²) < 4.78 is 2.00. The van der Waals surface area contributed by atoms with Crippen LogP contribution in [0.25, 0.3) is 0 Å². The molecule has 1 saturated heterocycles. The average Bonchev–Trinajstić information content (AvgIpc) is 2.77. The Morgan fingerprint density at radius 2 is 2.22 bits per heavy atom. The van der Waals surface area contributed by atoms with Gasteiger partial charge in [-0.25, -0.2) is 4.98 Å². The van der Waals surface area contributed by atoms with Gasteiger partial charge in [0.25, 0.3) is 0 Å². The van der Waals surface area contributed by atoms with Gasteiger partial charge in [-0.1, -0.05) is 0 Å². The fourth-order valence-corrected chi connectivity index (χ4v) is 2.66. The van der Waals surface area contributed by atoms with Crippen LogP contribution in [0.2, 0.25) is 0 Å². The molecule has 1 aromatic heterocycles. The van der Waals surface area contributed by atoms with Crippen LogP contribution in [0.1, 0.15) is 38.3 Å². The van der Waals surface area contributed by atoms with Crippen molar-refractivity contribution in [1.82, 2.24) is 25.4 Å². The fourth-order valence-electron chi connectivity index (χ4n) is 2.66. The lowest BCUT2D eigenvalue weighted by Crippen LogP contribution is -2.49. The lowest BCUT2D eigenvalue weighted by Gasteiger charge is -2.28. The van der Waals surface area contributed by atoms with Gasteiger partial charge in [-0.2, -0.15) is 5.10 Å². The molecule has 0 radical (unpaired) electrons. The van der Waals surface area contributed by atoms with E-state index >= 15 is 0 Å². The highest BCUT2D eigenvalue weighted by molar-refractivity contribution is 4.97. The molecule has 0 amide bonds. The molecule has 2 N–H and O–H groups in total. The van der Waals surface area contributed by atoms with Crippen LogP contribution >= 0.6 is 0 Å². The summed E-state index contributed by atoms with van der Waals surface area (Å²) in [5.74, 6) is 1.87. The third kappa shape index (κ3) is 3.09. The number of hydrogen-bond donors (Lipinski definition) is 2. The Morgan fingerprint density at radius 3 is 2.78 bits per heavy atom. The molecule has 0 aliphatic carbocycles. The maximum absolute atomic E-state index is 4.37. The molecule has 0 saturated carbocycles. The summed E-state index contributed by atoms with van der Waals surface area (Å²) in [4.78, 5) is 4.31. The van der Waals surface area contributed by atoms with E-state index in [1.807, 2.05) is 18.5 Å². The highest BCUT2D eigenvalue weighted by atomic mass is 15.3.